The van der Waals surface area contributed by atoms with Gasteiger partial charge in [0.1, 0.15) is 5.78 Å². The third kappa shape index (κ3) is 2.42. The second kappa shape index (κ2) is 5.36. The Bertz CT molecular complexity index is 398. The van der Waals surface area contributed by atoms with Crippen molar-refractivity contribution < 1.29 is 4.79 Å². The molecule has 1 aromatic rings. The Morgan fingerprint density at radius 2 is 2.06 bits per heavy atom. The molecule has 1 atom stereocenters. The molecular formula is C13H19N3OS. The molecule has 18 heavy (non-hydrogen) atoms. The van der Waals surface area contributed by atoms with Crippen molar-refractivity contribution in [3.05, 3.63) is 11.6 Å². The summed E-state index contributed by atoms with van der Waals surface area (Å²) in [6.07, 6.45) is 6.02. The van der Waals surface area contributed by atoms with E-state index in [1.54, 1.807) is 11.3 Å². The van der Waals surface area contributed by atoms with Gasteiger partial charge in [0.05, 0.1) is 6.04 Å². The van der Waals surface area contributed by atoms with Gasteiger partial charge in [0.15, 0.2) is 5.13 Å². The van der Waals surface area contributed by atoms with Crippen LogP contribution in [0.4, 0.5) is 5.13 Å². The van der Waals surface area contributed by atoms with Crippen LogP contribution in [0.5, 0.6) is 0 Å². The Morgan fingerprint density at radius 3 is 2.72 bits per heavy atom. The van der Waals surface area contributed by atoms with E-state index in [0.29, 0.717) is 5.78 Å². The predicted molar refractivity (Wildman–Crippen MR) is 73.2 cm³/mol. The van der Waals surface area contributed by atoms with Crippen molar-refractivity contribution in [2.75, 3.05) is 31.1 Å². The predicted octanol–water partition coefficient (Wildman–Crippen LogP) is 1.78. The van der Waals surface area contributed by atoms with Crippen LogP contribution in [0.1, 0.15) is 25.7 Å². The number of hydrogen-bond acceptors (Lipinski definition) is 5. The van der Waals surface area contributed by atoms with Gasteiger partial charge in [-0.05, 0) is 12.8 Å². The quantitative estimate of drug-likeness (QED) is 0.816. The van der Waals surface area contributed by atoms with Crippen molar-refractivity contribution in [1.82, 2.24) is 9.88 Å². The summed E-state index contributed by atoms with van der Waals surface area (Å²) in [7, 11) is 0. The molecule has 3 rings (SSSR count). The number of anilines is 1. The van der Waals surface area contributed by atoms with Crippen LogP contribution in [0.15, 0.2) is 11.6 Å². The topological polar surface area (TPSA) is 36.4 Å². The zero-order valence-corrected chi connectivity index (χ0v) is 11.4. The van der Waals surface area contributed by atoms with Crippen LogP contribution >= 0.6 is 11.3 Å². The monoisotopic (exact) mass is 265 g/mol. The van der Waals surface area contributed by atoms with Crippen LogP contribution in [-0.2, 0) is 4.79 Å². The highest BCUT2D eigenvalue weighted by atomic mass is 32.1. The first kappa shape index (κ1) is 12.1. The maximum atomic E-state index is 11.9. The molecule has 1 aromatic heterocycles. The van der Waals surface area contributed by atoms with Gasteiger partial charge in [-0.15, -0.1) is 11.3 Å². The molecule has 1 aliphatic carbocycles. The van der Waals surface area contributed by atoms with Crippen LogP contribution in [0, 0.1) is 0 Å². The van der Waals surface area contributed by atoms with Gasteiger partial charge in [0, 0.05) is 44.2 Å². The van der Waals surface area contributed by atoms with E-state index in [-0.39, 0.29) is 6.04 Å². The molecule has 0 amide bonds. The summed E-state index contributed by atoms with van der Waals surface area (Å²) in [6.45, 7) is 3.99. The molecule has 2 heterocycles. The Kier molecular flexibility index (Phi) is 3.61. The minimum atomic E-state index is 0.206. The molecule has 98 valence electrons. The molecule has 0 aromatic carbocycles. The van der Waals surface area contributed by atoms with Crippen molar-refractivity contribution in [1.29, 1.82) is 0 Å². The lowest BCUT2D eigenvalue weighted by atomic mass is 9.92. The molecule has 4 nitrogen and oxygen atoms in total. The lowest BCUT2D eigenvalue weighted by molar-refractivity contribution is -0.126. The molecule has 1 saturated heterocycles. The average molecular weight is 265 g/mol. The number of aromatic nitrogens is 1. The fourth-order valence-electron chi connectivity index (χ4n) is 2.95. The molecule has 1 aliphatic heterocycles. The van der Waals surface area contributed by atoms with Crippen LogP contribution in [0.3, 0.4) is 0 Å². The average Bonchev–Trinajstić information content (AvgIpc) is 2.94. The van der Waals surface area contributed by atoms with Gasteiger partial charge in [-0.3, -0.25) is 9.69 Å². The molecule has 0 bridgehead atoms. The van der Waals surface area contributed by atoms with E-state index in [9.17, 15) is 4.79 Å². The van der Waals surface area contributed by atoms with Gasteiger partial charge < -0.3 is 4.90 Å². The lowest BCUT2D eigenvalue weighted by Crippen LogP contribution is -2.53. The van der Waals surface area contributed by atoms with Crippen LogP contribution in [0.25, 0.3) is 0 Å². The smallest absolute Gasteiger partial charge is 0.185 e. The Balaban J connectivity index is 1.58. The van der Waals surface area contributed by atoms with Crippen molar-refractivity contribution >= 4 is 22.3 Å². The Hall–Kier alpha value is -0.940. The standard InChI is InChI=1S/C13H19N3OS/c17-12-4-2-1-3-11(12)15-6-8-16(9-7-15)13-14-5-10-18-13/h5,10-11H,1-4,6-9H2. The van der Waals surface area contributed by atoms with Crippen LogP contribution < -0.4 is 4.90 Å². The van der Waals surface area contributed by atoms with Gasteiger partial charge in [0.25, 0.3) is 0 Å². The van der Waals surface area contributed by atoms with Gasteiger partial charge >= 0.3 is 0 Å². The molecular weight excluding hydrogens is 246 g/mol. The number of carbonyl (C=O) groups excluding carboxylic acids is 1. The number of carbonyl (C=O) groups is 1. The van der Waals surface area contributed by atoms with E-state index in [2.05, 4.69) is 14.8 Å². The summed E-state index contributed by atoms with van der Waals surface area (Å²) in [4.78, 5) is 21.0. The van der Waals surface area contributed by atoms with Gasteiger partial charge in [-0.25, -0.2) is 4.98 Å². The number of nitrogens with zero attached hydrogens (tertiary/aromatic N) is 3. The summed E-state index contributed by atoms with van der Waals surface area (Å²) in [5.41, 5.74) is 0. The van der Waals surface area contributed by atoms with Crippen molar-refractivity contribution in [3.63, 3.8) is 0 Å². The van der Waals surface area contributed by atoms with E-state index in [0.717, 1.165) is 50.6 Å². The first-order valence-electron chi connectivity index (χ1n) is 6.76. The number of ketones is 1. The summed E-state index contributed by atoms with van der Waals surface area (Å²) >= 11 is 1.70. The highest BCUT2D eigenvalue weighted by Gasteiger charge is 2.30. The Labute approximate surface area is 112 Å². The second-order valence-electron chi connectivity index (χ2n) is 5.07. The van der Waals surface area contributed by atoms with E-state index in [4.69, 9.17) is 0 Å². The summed E-state index contributed by atoms with van der Waals surface area (Å²) in [5.74, 6) is 0.462. The van der Waals surface area contributed by atoms with E-state index in [1.165, 1.54) is 6.42 Å². The maximum Gasteiger partial charge on any atom is 0.185 e. The maximum absolute atomic E-state index is 11.9. The lowest BCUT2D eigenvalue weighted by Gasteiger charge is -2.39. The minimum absolute atomic E-state index is 0.206. The zero-order chi connectivity index (χ0) is 12.4. The van der Waals surface area contributed by atoms with Gasteiger partial charge in [0.2, 0.25) is 0 Å². The second-order valence-corrected chi connectivity index (χ2v) is 5.94. The molecule has 0 spiro atoms. The summed E-state index contributed by atoms with van der Waals surface area (Å²) < 4.78 is 0. The van der Waals surface area contributed by atoms with Crippen LogP contribution in [-0.4, -0.2) is 47.9 Å². The number of rotatable bonds is 2. The molecule has 1 saturated carbocycles. The number of piperazine rings is 1. The summed E-state index contributed by atoms with van der Waals surface area (Å²) in [5, 5.41) is 3.14. The van der Waals surface area contributed by atoms with Gasteiger partial charge in [-0.1, -0.05) is 6.42 Å². The third-order valence-corrected chi connectivity index (χ3v) is 4.80. The highest BCUT2D eigenvalue weighted by molar-refractivity contribution is 7.13. The minimum Gasteiger partial charge on any atom is -0.346 e. The number of Topliss-reactive ketones (excluding diaryl/α,β-unsaturated/α-hetero) is 1. The molecule has 0 N–H and O–H groups in total. The number of thiazole rings is 1. The van der Waals surface area contributed by atoms with Crippen molar-refractivity contribution in [3.8, 4) is 0 Å². The Morgan fingerprint density at radius 1 is 1.22 bits per heavy atom. The third-order valence-electron chi connectivity index (χ3n) is 3.97. The first-order valence-corrected chi connectivity index (χ1v) is 7.64. The van der Waals surface area contributed by atoms with Crippen molar-refractivity contribution in [2.45, 2.75) is 31.7 Å². The molecule has 1 unspecified atom stereocenters. The van der Waals surface area contributed by atoms with Crippen LogP contribution in [0.2, 0.25) is 0 Å². The normalized spacial score (nSPS) is 26.6. The van der Waals surface area contributed by atoms with E-state index >= 15 is 0 Å². The van der Waals surface area contributed by atoms with Crippen molar-refractivity contribution in [2.24, 2.45) is 0 Å². The van der Waals surface area contributed by atoms with E-state index in [1.807, 2.05) is 11.6 Å². The molecule has 5 heteroatoms. The fourth-order valence-corrected chi connectivity index (χ4v) is 3.64. The SMILES string of the molecule is O=C1CCCCC1N1CCN(c2nccs2)CC1. The highest BCUT2D eigenvalue weighted by Crippen LogP contribution is 2.23. The van der Waals surface area contributed by atoms with E-state index < -0.39 is 0 Å². The largest absolute Gasteiger partial charge is 0.346 e. The summed E-state index contributed by atoms with van der Waals surface area (Å²) in [6, 6.07) is 0.206. The zero-order valence-electron chi connectivity index (χ0n) is 10.5. The molecule has 2 fully saturated rings. The van der Waals surface area contributed by atoms with Gasteiger partial charge in [-0.2, -0.15) is 0 Å². The fraction of sp³-hybridized carbons (Fsp3) is 0.692. The number of hydrogen-bond donors (Lipinski definition) is 0. The molecule has 2 aliphatic rings. The first-order chi connectivity index (χ1) is 8.84. The molecule has 0 radical (unpaired) electrons.